The van der Waals surface area contributed by atoms with Crippen LogP contribution in [-0.4, -0.2) is 42.8 Å². The Labute approximate surface area is 130 Å². The van der Waals surface area contributed by atoms with E-state index in [9.17, 15) is 5.11 Å². The molecule has 0 amide bonds. The van der Waals surface area contributed by atoms with E-state index in [1.54, 1.807) is 0 Å². The maximum absolute atomic E-state index is 9.51. The Morgan fingerprint density at radius 1 is 1.40 bits per heavy atom. The third-order valence-corrected chi connectivity index (χ3v) is 5.04. The fraction of sp³-hybridized carbons (Fsp3) is 0.625. The van der Waals surface area contributed by atoms with E-state index in [4.69, 9.17) is 0 Å². The topological polar surface area (TPSA) is 35.5 Å². The normalized spacial score (nSPS) is 25.0. The van der Waals surface area contributed by atoms with Crippen LogP contribution in [0.5, 0.6) is 0 Å². The van der Waals surface area contributed by atoms with Gasteiger partial charge in [0.25, 0.3) is 0 Å². The highest BCUT2D eigenvalue weighted by Gasteiger charge is 2.30. The second-order valence-electron chi connectivity index (χ2n) is 5.73. The van der Waals surface area contributed by atoms with Crippen molar-refractivity contribution in [2.24, 2.45) is 5.92 Å². The molecule has 112 valence electrons. The summed E-state index contributed by atoms with van der Waals surface area (Å²) in [6.07, 6.45) is 2.27. The molecular weight excluding hydrogens is 316 g/mol. The van der Waals surface area contributed by atoms with Gasteiger partial charge in [-0.25, -0.2) is 0 Å². The van der Waals surface area contributed by atoms with Gasteiger partial charge < -0.3 is 10.4 Å². The molecule has 2 rings (SSSR count). The van der Waals surface area contributed by atoms with Crippen molar-refractivity contribution >= 4 is 15.9 Å². The number of benzene rings is 1. The monoisotopic (exact) mass is 340 g/mol. The Hall–Kier alpha value is -0.420. The molecule has 1 aliphatic heterocycles. The number of halogens is 1. The second kappa shape index (κ2) is 7.55. The van der Waals surface area contributed by atoms with Gasteiger partial charge in [-0.15, -0.1) is 0 Å². The van der Waals surface area contributed by atoms with Gasteiger partial charge in [0.15, 0.2) is 0 Å². The molecule has 0 radical (unpaired) electrons. The number of hydrogen-bond donors (Lipinski definition) is 2. The molecule has 3 nitrogen and oxygen atoms in total. The maximum atomic E-state index is 9.51. The summed E-state index contributed by atoms with van der Waals surface area (Å²) in [7, 11) is 2.02. The van der Waals surface area contributed by atoms with Crippen LogP contribution in [0, 0.1) is 5.92 Å². The number of hydrogen-bond acceptors (Lipinski definition) is 3. The van der Waals surface area contributed by atoms with Gasteiger partial charge in [-0.05, 0) is 50.0 Å². The summed E-state index contributed by atoms with van der Waals surface area (Å²) in [5, 5.41) is 12.9. The van der Waals surface area contributed by atoms with Gasteiger partial charge in [0.2, 0.25) is 0 Å². The smallest absolute Gasteiger partial charge is 0.0589 e. The SMILES string of the molecule is CNC(CCN1CCC(C)C1CO)c1ccc(Br)cc1. The van der Waals surface area contributed by atoms with Crippen molar-refractivity contribution in [3.8, 4) is 0 Å². The van der Waals surface area contributed by atoms with Crippen LogP contribution in [0.2, 0.25) is 0 Å². The largest absolute Gasteiger partial charge is 0.395 e. The van der Waals surface area contributed by atoms with E-state index in [-0.39, 0.29) is 6.61 Å². The highest BCUT2D eigenvalue weighted by atomic mass is 79.9. The van der Waals surface area contributed by atoms with Crippen molar-refractivity contribution in [3.63, 3.8) is 0 Å². The first kappa shape index (κ1) is 16.0. The lowest BCUT2D eigenvalue weighted by Crippen LogP contribution is -2.37. The highest BCUT2D eigenvalue weighted by molar-refractivity contribution is 9.10. The maximum Gasteiger partial charge on any atom is 0.0589 e. The van der Waals surface area contributed by atoms with Crippen LogP contribution in [0.15, 0.2) is 28.7 Å². The zero-order valence-corrected chi connectivity index (χ0v) is 13.9. The molecule has 1 saturated heterocycles. The van der Waals surface area contributed by atoms with Gasteiger partial charge in [0.1, 0.15) is 0 Å². The van der Waals surface area contributed by atoms with Crippen molar-refractivity contribution in [1.82, 2.24) is 10.2 Å². The molecule has 1 aliphatic rings. The van der Waals surface area contributed by atoms with Crippen LogP contribution in [0.25, 0.3) is 0 Å². The minimum Gasteiger partial charge on any atom is -0.395 e. The third kappa shape index (κ3) is 3.82. The van der Waals surface area contributed by atoms with Gasteiger partial charge in [0.05, 0.1) is 6.61 Å². The van der Waals surface area contributed by atoms with Crippen molar-refractivity contribution in [1.29, 1.82) is 0 Å². The Bertz CT molecular complexity index is 409. The zero-order chi connectivity index (χ0) is 14.5. The van der Waals surface area contributed by atoms with Crippen LogP contribution in [-0.2, 0) is 0 Å². The first-order chi connectivity index (χ1) is 9.65. The molecule has 3 atom stereocenters. The van der Waals surface area contributed by atoms with Gasteiger partial charge in [-0.2, -0.15) is 0 Å². The Morgan fingerprint density at radius 3 is 2.70 bits per heavy atom. The standard InChI is InChI=1S/C16H25BrN2O/c1-12-7-9-19(16(12)11-20)10-8-15(18-2)13-3-5-14(17)6-4-13/h3-6,12,15-16,18,20H,7-11H2,1-2H3. The van der Waals surface area contributed by atoms with Crippen LogP contribution in [0.3, 0.4) is 0 Å². The molecule has 0 spiro atoms. The molecule has 3 unspecified atom stereocenters. The van der Waals surface area contributed by atoms with Crippen LogP contribution >= 0.6 is 15.9 Å². The van der Waals surface area contributed by atoms with Gasteiger partial charge in [-0.3, -0.25) is 4.90 Å². The quantitative estimate of drug-likeness (QED) is 0.835. The second-order valence-corrected chi connectivity index (χ2v) is 6.65. The molecule has 1 fully saturated rings. The van der Waals surface area contributed by atoms with Gasteiger partial charge >= 0.3 is 0 Å². The van der Waals surface area contributed by atoms with Crippen molar-refractivity contribution in [2.45, 2.75) is 31.8 Å². The zero-order valence-electron chi connectivity index (χ0n) is 12.3. The average molecular weight is 341 g/mol. The van der Waals surface area contributed by atoms with Crippen molar-refractivity contribution in [2.75, 3.05) is 26.7 Å². The number of nitrogens with one attached hydrogen (secondary N) is 1. The van der Waals surface area contributed by atoms with E-state index >= 15 is 0 Å². The van der Waals surface area contributed by atoms with E-state index in [1.165, 1.54) is 12.0 Å². The minimum absolute atomic E-state index is 0.281. The molecular formula is C16H25BrN2O. The predicted molar refractivity (Wildman–Crippen MR) is 86.8 cm³/mol. The van der Waals surface area contributed by atoms with Gasteiger partial charge in [0, 0.05) is 23.1 Å². The molecule has 0 bridgehead atoms. The Balaban J connectivity index is 1.92. The molecule has 1 aromatic carbocycles. The number of rotatable bonds is 6. The average Bonchev–Trinajstić information content (AvgIpc) is 2.81. The third-order valence-electron chi connectivity index (χ3n) is 4.51. The fourth-order valence-corrected chi connectivity index (χ4v) is 3.39. The van der Waals surface area contributed by atoms with E-state index in [2.05, 4.69) is 57.3 Å². The van der Waals surface area contributed by atoms with Crippen molar-refractivity contribution < 1.29 is 5.11 Å². The fourth-order valence-electron chi connectivity index (χ4n) is 3.13. The van der Waals surface area contributed by atoms with E-state index in [0.717, 1.165) is 24.0 Å². The van der Waals surface area contributed by atoms with Crippen molar-refractivity contribution in [3.05, 3.63) is 34.3 Å². The number of aliphatic hydroxyl groups is 1. The summed E-state index contributed by atoms with van der Waals surface area (Å²) < 4.78 is 1.12. The summed E-state index contributed by atoms with van der Waals surface area (Å²) in [5.74, 6) is 0.612. The summed E-state index contributed by atoms with van der Waals surface area (Å²) in [6, 6.07) is 9.24. The van der Waals surface area contributed by atoms with E-state index in [0.29, 0.717) is 18.0 Å². The lowest BCUT2D eigenvalue weighted by molar-refractivity contribution is 0.135. The van der Waals surface area contributed by atoms with Crippen LogP contribution in [0.4, 0.5) is 0 Å². The summed E-state index contributed by atoms with van der Waals surface area (Å²) in [5.41, 5.74) is 1.32. The summed E-state index contributed by atoms with van der Waals surface area (Å²) >= 11 is 3.48. The molecule has 1 heterocycles. The summed E-state index contributed by atoms with van der Waals surface area (Å²) in [6.45, 7) is 4.68. The van der Waals surface area contributed by atoms with Gasteiger partial charge in [-0.1, -0.05) is 35.0 Å². The number of aliphatic hydroxyl groups excluding tert-OH is 1. The molecule has 2 N–H and O–H groups in total. The number of nitrogens with zero attached hydrogens (tertiary/aromatic N) is 1. The summed E-state index contributed by atoms with van der Waals surface area (Å²) in [4.78, 5) is 2.44. The Morgan fingerprint density at radius 2 is 2.10 bits per heavy atom. The van der Waals surface area contributed by atoms with Crippen LogP contribution in [0.1, 0.15) is 31.4 Å². The molecule has 0 saturated carbocycles. The molecule has 0 aliphatic carbocycles. The predicted octanol–water partition coefficient (Wildman–Crippen LogP) is 2.80. The highest BCUT2D eigenvalue weighted by Crippen LogP contribution is 2.26. The first-order valence-corrected chi connectivity index (χ1v) is 8.22. The van der Waals surface area contributed by atoms with E-state index in [1.807, 2.05) is 7.05 Å². The minimum atomic E-state index is 0.281. The first-order valence-electron chi connectivity index (χ1n) is 7.43. The molecule has 20 heavy (non-hydrogen) atoms. The Kier molecular flexibility index (Phi) is 6.02. The molecule has 1 aromatic rings. The van der Waals surface area contributed by atoms with Crippen LogP contribution < -0.4 is 5.32 Å². The lowest BCUT2D eigenvalue weighted by Gasteiger charge is -2.27. The number of likely N-dealkylation sites (tertiary alicyclic amines) is 1. The van der Waals surface area contributed by atoms with E-state index < -0.39 is 0 Å². The molecule has 0 aromatic heterocycles. The molecule has 4 heteroatoms. The lowest BCUT2D eigenvalue weighted by atomic mass is 10.0.